The highest BCUT2D eigenvalue weighted by molar-refractivity contribution is 8.00. The van der Waals surface area contributed by atoms with Crippen molar-refractivity contribution in [3.63, 3.8) is 0 Å². The van der Waals surface area contributed by atoms with E-state index in [9.17, 15) is 0 Å². The predicted octanol–water partition coefficient (Wildman–Crippen LogP) is 0.851. The summed E-state index contributed by atoms with van der Waals surface area (Å²) in [6.07, 6.45) is 6.10. The van der Waals surface area contributed by atoms with Crippen molar-refractivity contribution in [2.75, 3.05) is 13.3 Å². The van der Waals surface area contributed by atoms with Gasteiger partial charge in [-0.05, 0) is 25.7 Å². The van der Waals surface area contributed by atoms with Crippen LogP contribution in [0.15, 0.2) is 0 Å². The fourth-order valence-corrected chi connectivity index (χ4v) is 6.21. The molecule has 0 bridgehead atoms. The molecule has 1 saturated carbocycles. The number of hydrogen-bond acceptors (Lipinski definition) is 6. The summed E-state index contributed by atoms with van der Waals surface area (Å²) in [5.74, 6) is 1.58. The van der Waals surface area contributed by atoms with Crippen LogP contribution in [0.1, 0.15) is 32.6 Å². The number of nitrogens with one attached hydrogen (secondary N) is 3. The molecule has 4 fully saturated rings. The molecule has 1 aliphatic carbocycles. The first-order chi connectivity index (χ1) is 9.38. The van der Waals surface area contributed by atoms with Crippen molar-refractivity contribution >= 4 is 11.8 Å². The quantitative estimate of drug-likeness (QED) is 0.699. The maximum absolute atomic E-state index is 5.86. The summed E-state index contributed by atoms with van der Waals surface area (Å²) in [7, 11) is 0. The first kappa shape index (κ1) is 12.9. The third kappa shape index (κ3) is 2.04. The molecule has 3 N–H and O–H groups in total. The van der Waals surface area contributed by atoms with E-state index in [-0.39, 0.29) is 6.35 Å². The molecule has 108 valence electrons. The molecule has 19 heavy (non-hydrogen) atoms. The average Bonchev–Trinajstić information content (AvgIpc) is 3.02. The zero-order valence-corrected chi connectivity index (χ0v) is 12.3. The summed E-state index contributed by atoms with van der Waals surface area (Å²) in [6.45, 7) is 3.67. The Bertz CT molecular complexity index is 345. The first-order valence-electron chi connectivity index (χ1n) is 7.67. The molecule has 3 saturated heterocycles. The molecule has 6 unspecified atom stereocenters. The number of thioether (sulfide) groups is 1. The minimum Gasteiger partial charge on any atom is -0.349 e. The van der Waals surface area contributed by atoms with Gasteiger partial charge in [0, 0.05) is 17.8 Å². The van der Waals surface area contributed by atoms with Crippen molar-refractivity contribution in [2.24, 2.45) is 11.8 Å². The first-order valence-corrected chi connectivity index (χ1v) is 8.61. The zero-order valence-electron chi connectivity index (χ0n) is 11.5. The second-order valence-electron chi connectivity index (χ2n) is 5.99. The largest absolute Gasteiger partial charge is 0.349 e. The molecule has 0 aromatic rings. The van der Waals surface area contributed by atoms with Gasteiger partial charge in [-0.1, -0.05) is 12.8 Å². The van der Waals surface area contributed by atoms with E-state index < -0.39 is 0 Å². The second kappa shape index (κ2) is 5.16. The van der Waals surface area contributed by atoms with E-state index in [0.29, 0.717) is 17.5 Å². The number of fused-ring (bicyclic) bond motifs is 5. The minimum absolute atomic E-state index is 0.0129. The van der Waals surface area contributed by atoms with Crippen molar-refractivity contribution < 1.29 is 4.74 Å². The number of hydrazine groups is 1. The number of nitrogens with zero attached hydrogens (tertiary/aromatic N) is 1. The number of hydrogen-bond donors (Lipinski definition) is 3. The molecule has 0 aromatic carbocycles. The average molecular weight is 284 g/mol. The topological polar surface area (TPSA) is 48.6 Å². The molecule has 0 radical (unpaired) electrons. The highest BCUT2D eigenvalue weighted by Gasteiger charge is 2.55. The summed E-state index contributed by atoms with van der Waals surface area (Å²) in [5.41, 5.74) is 3.43. The standard InChI is InChI=1S/C13H24N4OS/c1-2-18-13-16-12-10(11-14-7-15-17(11)13)8-5-3-4-6-9(8)19-12/h8-16H,2-7H2,1H3. The van der Waals surface area contributed by atoms with E-state index in [1.807, 2.05) is 0 Å². The van der Waals surface area contributed by atoms with Gasteiger partial charge in [-0.25, -0.2) is 5.43 Å². The maximum atomic E-state index is 5.86. The Morgan fingerprint density at radius 3 is 3.11 bits per heavy atom. The van der Waals surface area contributed by atoms with Gasteiger partial charge in [0.2, 0.25) is 0 Å². The summed E-state index contributed by atoms with van der Waals surface area (Å²) in [6, 6.07) is 0. The number of rotatable bonds is 2. The Labute approximate surface area is 119 Å². The van der Waals surface area contributed by atoms with Crippen molar-refractivity contribution in [2.45, 2.75) is 55.7 Å². The van der Waals surface area contributed by atoms with Gasteiger partial charge in [-0.15, -0.1) is 11.8 Å². The van der Waals surface area contributed by atoms with Crippen LogP contribution in [0.3, 0.4) is 0 Å². The molecule has 0 aromatic heterocycles. The van der Waals surface area contributed by atoms with Crippen LogP contribution in [-0.2, 0) is 4.74 Å². The van der Waals surface area contributed by atoms with Crippen LogP contribution in [0.25, 0.3) is 0 Å². The lowest BCUT2D eigenvalue weighted by Crippen LogP contribution is -2.66. The Morgan fingerprint density at radius 2 is 2.21 bits per heavy atom. The van der Waals surface area contributed by atoms with Gasteiger partial charge in [-0.3, -0.25) is 10.6 Å². The third-order valence-corrected chi connectivity index (χ3v) is 6.72. The SMILES string of the molecule is CCOC1NC2SC3CCCCC3C2C2NCNN12. The second-order valence-corrected chi connectivity index (χ2v) is 7.37. The highest BCUT2D eigenvalue weighted by atomic mass is 32.2. The smallest absolute Gasteiger partial charge is 0.180 e. The molecule has 6 atom stereocenters. The monoisotopic (exact) mass is 284 g/mol. The molecule has 3 aliphatic heterocycles. The fourth-order valence-electron chi connectivity index (χ4n) is 4.28. The Morgan fingerprint density at radius 1 is 1.32 bits per heavy atom. The van der Waals surface area contributed by atoms with Crippen LogP contribution in [0, 0.1) is 11.8 Å². The highest BCUT2D eigenvalue weighted by Crippen LogP contribution is 2.52. The zero-order chi connectivity index (χ0) is 12.8. The van der Waals surface area contributed by atoms with E-state index in [4.69, 9.17) is 4.74 Å². The van der Waals surface area contributed by atoms with Crippen molar-refractivity contribution in [1.82, 2.24) is 21.1 Å². The maximum Gasteiger partial charge on any atom is 0.180 e. The van der Waals surface area contributed by atoms with Gasteiger partial charge in [-0.2, -0.15) is 5.01 Å². The number of ether oxygens (including phenoxy) is 1. The van der Waals surface area contributed by atoms with Gasteiger partial charge >= 0.3 is 0 Å². The van der Waals surface area contributed by atoms with E-state index in [1.54, 1.807) is 0 Å². The Balaban J connectivity index is 1.58. The summed E-state index contributed by atoms with van der Waals surface area (Å²) in [5, 5.41) is 11.0. The van der Waals surface area contributed by atoms with Gasteiger partial charge in [0.25, 0.3) is 0 Å². The molecule has 0 amide bonds. The van der Waals surface area contributed by atoms with Gasteiger partial charge in [0.1, 0.15) is 0 Å². The summed E-state index contributed by atoms with van der Waals surface area (Å²) < 4.78 is 5.86. The van der Waals surface area contributed by atoms with Crippen molar-refractivity contribution in [1.29, 1.82) is 0 Å². The van der Waals surface area contributed by atoms with Gasteiger partial charge in [0.05, 0.1) is 18.2 Å². The van der Waals surface area contributed by atoms with E-state index in [1.165, 1.54) is 25.7 Å². The van der Waals surface area contributed by atoms with Crippen molar-refractivity contribution in [3.05, 3.63) is 0 Å². The van der Waals surface area contributed by atoms with Crippen LogP contribution in [0.2, 0.25) is 0 Å². The molecule has 0 spiro atoms. The lowest BCUT2D eigenvalue weighted by molar-refractivity contribution is -0.146. The molecule has 6 heteroatoms. The van der Waals surface area contributed by atoms with Crippen molar-refractivity contribution in [3.8, 4) is 0 Å². The fraction of sp³-hybridized carbons (Fsp3) is 1.00. The Kier molecular flexibility index (Phi) is 3.50. The molecular weight excluding hydrogens is 260 g/mol. The Hall–Kier alpha value is 0.150. The van der Waals surface area contributed by atoms with Crippen LogP contribution in [-0.4, -0.2) is 41.4 Å². The summed E-state index contributed by atoms with van der Waals surface area (Å²) >= 11 is 2.17. The minimum atomic E-state index is 0.0129. The van der Waals surface area contributed by atoms with E-state index >= 15 is 0 Å². The lowest BCUT2D eigenvalue weighted by Gasteiger charge is -2.45. The molecule has 4 aliphatic rings. The van der Waals surface area contributed by atoms with Gasteiger partial charge < -0.3 is 4.74 Å². The normalized spacial score (nSPS) is 49.7. The van der Waals surface area contributed by atoms with Gasteiger partial charge in [0.15, 0.2) is 6.35 Å². The van der Waals surface area contributed by atoms with Crippen LogP contribution in [0.4, 0.5) is 0 Å². The van der Waals surface area contributed by atoms with E-state index in [2.05, 4.69) is 39.8 Å². The molecule has 5 nitrogen and oxygen atoms in total. The molecular formula is C13H24N4OS. The summed E-state index contributed by atoms with van der Waals surface area (Å²) in [4.78, 5) is 0. The molecule has 4 rings (SSSR count). The van der Waals surface area contributed by atoms with Crippen LogP contribution >= 0.6 is 11.8 Å². The lowest BCUT2D eigenvalue weighted by atomic mass is 9.77. The van der Waals surface area contributed by atoms with Crippen LogP contribution in [0.5, 0.6) is 0 Å². The third-order valence-electron chi connectivity index (χ3n) is 5.04. The predicted molar refractivity (Wildman–Crippen MR) is 75.9 cm³/mol. The molecule has 3 heterocycles. The van der Waals surface area contributed by atoms with E-state index in [0.717, 1.165) is 24.4 Å². The van der Waals surface area contributed by atoms with Crippen LogP contribution < -0.4 is 16.1 Å².